The first kappa shape index (κ1) is 16.3. The molecule has 1 saturated heterocycles. The van der Waals surface area contributed by atoms with Crippen molar-refractivity contribution in [2.24, 2.45) is 5.73 Å². The van der Waals surface area contributed by atoms with Crippen molar-refractivity contribution < 1.29 is 9.53 Å². The maximum atomic E-state index is 12.3. The molecule has 0 aromatic heterocycles. The number of carbonyl (C=O) groups is 1. The molecule has 1 amide bonds. The average molecular weight is 316 g/mol. The van der Waals surface area contributed by atoms with Crippen LogP contribution in [0.15, 0.2) is 24.3 Å². The highest BCUT2D eigenvalue weighted by molar-refractivity contribution is 5.87. The lowest BCUT2D eigenvalue weighted by atomic mass is 9.67. The Kier molecular flexibility index (Phi) is 4.90. The minimum absolute atomic E-state index is 0.192. The second kappa shape index (κ2) is 6.91. The quantitative estimate of drug-likeness (QED) is 0.929. The van der Waals surface area contributed by atoms with Crippen LogP contribution in [0.25, 0.3) is 0 Å². The van der Waals surface area contributed by atoms with Gasteiger partial charge in [-0.25, -0.2) is 0 Å². The Morgan fingerprint density at radius 3 is 2.52 bits per heavy atom. The molecule has 126 valence electrons. The number of methoxy groups -OCH3 is 1. The molecule has 1 aliphatic carbocycles. The van der Waals surface area contributed by atoms with Crippen LogP contribution in [0.2, 0.25) is 0 Å². The fraction of sp³-hybridized carbons (Fsp3) is 0.632. The molecule has 2 aliphatic rings. The molecule has 1 aliphatic heterocycles. The predicted octanol–water partition coefficient (Wildman–Crippen LogP) is 2.85. The van der Waals surface area contributed by atoms with E-state index in [4.69, 9.17) is 10.5 Å². The Labute approximate surface area is 139 Å². The van der Waals surface area contributed by atoms with E-state index in [1.54, 1.807) is 7.11 Å². The lowest BCUT2D eigenvalue weighted by molar-refractivity contribution is -0.125. The fourth-order valence-electron chi connectivity index (χ4n) is 4.34. The number of primary amides is 1. The number of hydrogen-bond donors (Lipinski definition) is 1. The van der Waals surface area contributed by atoms with Gasteiger partial charge in [0.2, 0.25) is 5.91 Å². The Bertz CT molecular complexity index is 544. The van der Waals surface area contributed by atoms with Gasteiger partial charge in [0.05, 0.1) is 12.5 Å². The monoisotopic (exact) mass is 316 g/mol. The topological polar surface area (TPSA) is 55.6 Å². The molecule has 4 heteroatoms. The van der Waals surface area contributed by atoms with Crippen LogP contribution in [0.1, 0.15) is 50.5 Å². The number of likely N-dealkylation sites (tertiary alicyclic amines) is 1. The summed E-state index contributed by atoms with van der Waals surface area (Å²) in [5.41, 5.74) is 6.34. The van der Waals surface area contributed by atoms with Crippen LogP contribution in [-0.2, 0) is 10.2 Å². The molecule has 0 atom stereocenters. The number of ether oxygens (including phenoxy) is 1. The molecule has 2 N–H and O–H groups in total. The molecule has 1 saturated carbocycles. The Morgan fingerprint density at radius 2 is 1.91 bits per heavy atom. The predicted molar refractivity (Wildman–Crippen MR) is 91.5 cm³/mol. The molecule has 1 heterocycles. The summed E-state index contributed by atoms with van der Waals surface area (Å²) < 4.78 is 5.33. The zero-order chi connectivity index (χ0) is 16.3. The van der Waals surface area contributed by atoms with E-state index in [0.717, 1.165) is 37.0 Å². The van der Waals surface area contributed by atoms with Gasteiger partial charge in [-0.05, 0) is 69.3 Å². The largest absolute Gasteiger partial charge is 0.497 e. The normalized spacial score (nSPS) is 29.2. The molecular formula is C19H28N2O2. The highest BCUT2D eigenvalue weighted by atomic mass is 16.5. The van der Waals surface area contributed by atoms with E-state index in [1.165, 1.54) is 32.4 Å². The van der Waals surface area contributed by atoms with Crippen molar-refractivity contribution in [3.63, 3.8) is 0 Å². The van der Waals surface area contributed by atoms with Crippen molar-refractivity contribution in [1.29, 1.82) is 0 Å². The number of nitrogens with zero attached hydrogens (tertiary/aromatic N) is 1. The van der Waals surface area contributed by atoms with Gasteiger partial charge < -0.3 is 15.4 Å². The highest BCUT2D eigenvalue weighted by Crippen LogP contribution is 2.42. The summed E-state index contributed by atoms with van der Waals surface area (Å²) in [6.45, 7) is 2.43. The number of nitrogens with two attached hydrogens (primary N) is 1. The van der Waals surface area contributed by atoms with Gasteiger partial charge in [0, 0.05) is 6.04 Å². The summed E-state index contributed by atoms with van der Waals surface area (Å²) >= 11 is 0. The van der Waals surface area contributed by atoms with Crippen LogP contribution < -0.4 is 10.5 Å². The Balaban J connectivity index is 1.77. The van der Waals surface area contributed by atoms with Crippen molar-refractivity contribution in [1.82, 2.24) is 4.90 Å². The van der Waals surface area contributed by atoms with Gasteiger partial charge in [0.1, 0.15) is 5.75 Å². The molecule has 23 heavy (non-hydrogen) atoms. The number of piperidine rings is 1. The van der Waals surface area contributed by atoms with Crippen LogP contribution in [0.5, 0.6) is 5.75 Å². The van der Waals surface area contributed by atoms with Crippen molar-refractivity contribution in [3.05, 3.63) is 29.8 Å². The summed E-state index contributed by atoms with van der Waals surface area (Å²) in [5.74, 6) is 0.601. The van der Waals surface area contributed by atoms with Crippen molar-refractivity contribution in [2.75, 3.05) is 20.2 Å². The summed E-state index contributed by atoms with van der Waals surface area (Å²) in [6.07, 6.45) is 7.78. The van der Waals surface area contributed by atoms with E-state index in [1.807, 2.05) is 24.3 Å². The molecule has 0 spiro atoms. The van der Waals surface area contributed by atoms with Gasteiger partial charge in [-0.3, -0.25) is 4.79 Å². The van der Waals surface area contributed by atoms with Crippen molar-refractivity contribution >= 4 is 5.91 Å². The van der Waals surface area contributed by atoms with Crippen LogP contribution in [0, 0.1) is 0 Å². The minimum Gasteiger partial charge on any atom is -0.497 e. The highest BCUT2D eigenvalue weighted by Gasteiger charge is 2.43. The third-order valence-electron chi connectivity index (χ3n) is 5.81. The molecule has 0 unspecified atom stereocenters. The Hall–Kier alpha value is -1.55. The van der Waals surface area contributed by atoms with E-state index in [9.17, 15) is 4.79 Å². The number of carbonyl (C=O) groups excluding carboxylic acids is 1. The van der Waals surface area contributed by atoms with E-state index in [-0.39, 0.29) is 5.91 Å². The van der Waals surface area contributed by atoms with Crippen LogP contribution >= 0.6 is 0 Å². The molecule has 0 radical (unpaired) electrons. The third-order valence-corrected chi connectivity index (χ3v) is 5.81. The number of hydrogen-bond acceptors (Lipinski definition) is 3. The molecular weight excluding hydrogens is 288 g/mol. The van der Waals surface area contributed by atoms with Gasteiger partial charge in [0.15, 0.2) is 0 Å². The number of amides is 1. The van der Waals surface area contributed by atoms with Gasteiger partial charge in [-0.1, -0.05) is 18.6 Å². The zero-order valence-electron chi connectivity index (χ0n) is 14.1. The standard InChI is InChI=1S/C19H28N2O2/c1-23-17-7-5-6-15(14-17)19(18(20)22)10-8-16(9-11-19)21-12-3-2-4-13-21/h5-7,14,16H,2-4,8-13H2,1H3,(H2,20,22). The van der Waals surface area contributed by atoms with Gasteiger partial charge in [0.25, 0.3) is 0 Å². The van der Waals surface area contributed by atoms with E-state index >= 15 is 0 Å². The molecule has 3 rings (SSSR count). The van der Waals surface area contributed by atoms with E-state index in [2.05, 4.69) is 4.90 Å². The second-order valence-corrected chi connectivity index (χ2v) is 7.01. The second-order valence-electron chi connectivity index (χ2n) is 7.01. The molecule has 2 fully saturated rings. The van der Waals surface area contributed by atoms with Crippen molar-refractivity contribution in [2.45, 2.75) is 56.4 Å². The van der Waals surface area contributed by atoms with Crippen LogP contribution in [0.4, 0.5) is 0 Å². The Morgan fingerprint density at radius 1 is 1.22 bits per heavy atom. The number of benzene rings is 1. The van der Waals surface area contributed by atoms with E-state index < -0.39 is 5.41 Å². The molecule has 0 bridgehead atoms. The average Bonchev–Trinajstić information content (AvgIpc) is 2.62. The SMILES string of the molecule is COc1cccc(C2(C(N)=O)CCC(N3CCCCC3)CC2)c1. The summed E-state index contributed by atoms with van der Waals surface area (Å²) in [7, 11) is 1.66. The van der Waals surface area contributed by atoms with Crippen molar-refractivity contribution in [3.8, 4) is 5.75 Å². The van der Waals surface area contributed by atoms with E-state index in [0.29, 0.717) is 6.04 Å². The first-order valence-corrected chi connectivity index (χ1v) is 8.84. The fourth-order valence-corrected chi connectivity index (χ4v) is 4.34. The first-order valence-electron chi connectivity index (χ1n) is 8.84. The zero-order valence-corrected chi connectivity index (χ0v) is 14.1. The first-order chi connectivity index (χ1) is 11.2. The summed E-state index contributed by atoms with van der Waals surface area (Å²) in [6, 6.07) is 8.49. The molecule has 1 aromatic carbocycles. The molecule has 4 nitrogen and oxygen atoms in total. The van der Waals surface area contributed by atoms with Gasteiger partial charge >= 0.3 is 0 Å². The number of rotatable bonds is 4. The summed E-state index contributed by atoms with van der Waals surface area (Å²) in [4.78, 5) is 15.0. The smallest absolute Gasteiger partial charge is 0.228 e. The minimum atomic E-state index is -0.527. The molecule has 1 aromatic rings. The summed E-state index contributed by atoms with van der Waals surface area (Å²) in [5, 5.41) is 0. The lowest BCUT2D eigenvalue weighted by Gasteiger charge is -2.43. The maximum Gasteiger partial charge on any atom is 0.228 e. The van der Waals surface area contributed by atoms with Crippen LogP contribution in [0.3, 0.4) is 0 Å². The third kappa shape index (κ3) is 3.23. The lowest BCUT2D eigenvalue weighted by Crippen LogP contribution is -2.49. The van der Waals surface area contributed by atoms with Gasteiger partial charge in [-0.2, -0.15) is 0 Å². The van der Waals surface area contributed by atoms with Gasteiger partial charge in [-0.15, -0.1) is 0 Å². The maximum absolute atomic E-state index is 12.3. The van der Waals surface area contributed by atoms with Crippen LogP contribution in [-0.4, -0.2) is 37.0 Å².